The predicted octanol–water partition coefficient (Wildman–Crippen LogP) is 3.56. The van der Waals surface area contributed by atoms with Crippen LogP contribution in [0.3, 0.4) is 0 Å². The third-order valence-corrected chi connectivity index (χ3v) is 5.77. The lowest BCUT2D eigenvalue weighted by atomic mass is 10.1. The third-order valence-electron chi connectivity index (χ3n) is 3.81. The molecule has 0 aliphatic rings. The normalized spacial score (nSPS) is 12.5. The largest absolute Gasteiger partial charge is 0.298 e. The minimum absolute atomic E-state index is 0.222. The first-order valence-electron chi connectivity index (χ1n) is 7.59. The first-order valence-corrected chi connectivity index (χ1v) is 10.5. The summed E-state index contributed by atoms with van der Waals surface area (Å²) in [4.78, 5) is 8.95. The zero-order valence-corrected chi connectivity index (χ0v) is 15.6. The molecule has 9 nitrogen and oxygen atoms in total. The van der Waals surface area contributed by atoms with Gasteiger partial charge in [-0.05, 0) is 23.6 Å². The van der Waals surface area contributed by atoms with Crippen molar-refractivity contribution in [2.75, 3.05) is 0 Å². The van der Waals surface area contributed by atoms with E-state index in [9.17, 15) is 30.7 Å². The Morgan fingerprint density at radius 1 is 0.786 bits per heavy atom. The Morgan fingerprint density at radius 2 is 1.46 bits per heavy atom. The van der Waals surface area contributed by atoms with Crippen molar-refractivity contribution in [3.05, 3.63) is 60.2 Å². The summed E-state index contributed by atoms with van der Waals surface area (Å²) in [5.41, 5.74) is -0.738. The van der Waals surface area contributed by atoms with Crippen LogP contribution in [0, 0.1) is 0 Å². The van der Waals surface area contributed by atoms with Gasteiger partial charge in [-0.25, -0.2) is 0 Å². The molecule has 28 heavy (non-hydrogen) atoms. The summed E-state index contributed by atoms with van der Waals surface area (Å²) in [6, 6.07) is 13.8. The highest BCUT2D eigenvalue weighted by Gasteiger charge is 2.29. The Hall–Kier alpha value is -2.99. The highest BCUT2D eigenvalue weighted by Crippen LogP contribution is 2.35. The van der Waals surface area contributed by atoms with E-state index in [0.29, 0.717) is 17.1 Å². The maximum absolute atomic E-state index is 11.8. The molecule has 0 aliphatic carbocycles. The number of azo groups is 1. The number of rotatable bonds is 5. The third kappa shape index (κ3) is 3.82. The number of nitrogens with zero attached hydrogens (tertiary/aromatic N) is 2. The van der Waals surface area contributed by atoms with E-state index in [2.05, 4.69) is 10.2 Å². The predicted molar refractivity (Wildman–Crippen MR) is 99.6 cm³/mol. The fraction of sp³-hybridized carbons (Fsp3) is 0. The van der Waals surface area contributed by atoms with E-state index in [1.54, 1.807) is 30.3 Å². The van der Waals surface area contributed by atoms with Crippen LogP contribution in [0.2, 0.25) is 0 Å². The van der Waals surface area contributed by atoms with Crippen molar-refractivity contribution in [2.45, 2.75) is 9.79 Å². The van der Waals surface area contributed by atoms with Crippen molar-refractivity contribution < 1.29 is 30.7 Å². The lowest BCUT2D eigenvalue weighted by Crippen LogP contribution is -2.09. The molecule has 3 aromatic carbocycles. The van der Waals surface area contributed by atoms with Crippen molar-refractivity contribution in [3.63, 3.8) is 0 Å². The standard InChI is InChI=1S/C17H12N2O7S2/c20-10-12-8-9-15(27(21,22)23)17(28(24,25)26)16(12)19-18-14-7-3-5-11-4-1-2-6-13(11)14/h1-10H,(H,21,22,23)(H,24,25,26). The van der Waals surface area contributed by atoms with Crippen LogP contribution in [0.5, 0.6) is 0 Å². The molecule has 2 N–H and O–H groups in total. The molecule has 0 radical (unpaired) electrons. The van der Waals surface area contributed by atoms with Crippen LogP contribution in [0.1, 0.15) is 10.4 Å². The molecule has 3 rings (SSSR count). The molecule has 0 saturated carbocycles. The fourth-order valence-corrected chi connectivity index (χ4v) is 4.55. The molecule has 0 unspecified atom stereocenters. The molecule has 0 aromatic heterocycles. The van der Waals surface area contributed by atoms with Gasteiger partial charge in [-0.3, -0.25) is 13.9 Å². The van der Waals surface area contributed by atoms with Crippen LogP contribution >= 0.6 is 0 Å². The van der Waals surface area contributed by atoms with Gasteiger partial charge in [-0.1, -0.05) is 36.4 Å². The highest BCUT2D eigenvalue weighted by molar-refractivity contribution is 7.89. The van der Waals surface area contributed by atoms with Gasteiger partial charge in [0.15, 0.2) is 6.29 Å². The average molecular weight is 420 g/mol. The van der Waals surface area contributed by atoms with Crippen LogP contribution in [0.15, 0.2) is 74.6 Å². The lowest BCUT2D eigenvalue weighted by molar-refractivity contribution is 0.112. The van der Waals surface area contributed by atoms with E-state index in [0.717, 1.165) is 11.5 Å². The Kier molecular flexibility index (Phi) is 5.08. The molecule has 0 amide bonds. The maximum atomic E-state index is 11.8. The number of carbonyl (C=O) groups is 1. The zero-order valence-electron chi connectivity index (χ0n) is 13.9. The Labute approximate surface area is 159 Å². The second-order valence-electron chi connectivity index (χ2n) is 5.60. The van der Waals surface area contributed by atoms with Gasteiger partial charge in [0.05, 0.1) is 5.69 Å². The second-order valence-corrected chi connectivity index (χ2v) is 8.35. The summed E-state index contributed by atoms with van der Waals surface area (Å²) >= 11 is 0. The van der Waals surface area contributed by atoms with Gasteiger partial charge in [0.25, 0.3) is 20.2 Å². The van der Waals surface area contributed by atoms with E-state index in [-0.39, 0.29) is 11.8 Å². The average Bonchev–Trinajstić information content (AvgIpc) is 2.64. The van der Waals surface area contributed by atoms with Crippen LogP contribution in [0.25, 0.3) is 10.8 Å². The van der Waals surface area contributed by atoms with Gasteiger partial charge in [0.2, 0.25) is 0 Å². The summed E-state index contributed by atoms with van der Waals surface area (Å²) in [6.07, 6.45) is 0.222. The monoisotopic (exact) mass is 420 g/mol. The van der Waals surface area contributed by atoms with Gasteiger partial charge in [-0.2, -0.15) is 16.8 Å². The zero-order chi connectivity index (χ0) is 20.5. The topological polar surface area (TPSA) is 151 Å². The summed E-state index contributed by atoms with van der Waals surface area (Å²) < 4.78 is 65.4. The molecule has 144 valence electrons. The molecule has 0 saturated heterocycles. The van der Waals surface area contributed by atoms with Gasteiger partial charge in [-0.15, -0.1) is 10.2 Å². The molecule has 0 fully saturated rings. The van der Waals surface area contributed by atoms with Crippen LogP contribution in [0.4, 0.5) is 11.4 Å². The summed E-state index contributed by atoms with van der Waals surface area (Å²) in [5.74, 6) is 0. The van der Waals surface area contributed by atoms with Gasteiger partial charge >= 0.3 is 0 Å². The SMILES string of the molecule is O=Cc1ccc(S(=O)(=O)O)c(S(=O)(=O)O)c1N=Nc1cccc2ccccc12. The molecule has 11 heteroatoms. The lowest BCUT2D eigenvalue weighted by Gasteiger charge is -2.09. The van der Waals surface area contributed by atoms with Crippen molar-refractivity contribution in [1.82, 2.24) is 0 Å². The van der Waals surface area contributed by atoms with Crippen molar-refractivity contribution in [2.24, 2.45) is 10.2 Å². The second kappa shape index (κ2) is 7.20. The molecule has 0 heterocycles. The van der Waals surface area contributed by atoms with Gasteiger partial charge in [0, 0.05) is 10.9 Å². The van der Waals surface area contributed by atoms with Crippen LogP contribution in [-0.4, -0.2) is 32.2 Å². The maximum Gasteiger partial charge on any atom is 0.298 e. The number of hydrogen-bond acceptors (Lipinski definition) is 7. The fourth-order valence-electron chi connectivity index (χ4n) is 2.62. The van der Waals surface area contributed by atoms with Crippen molar-refractivity contribution in [1.29, 1.82) is 0 Å². The molecular formula is C17H12N2O7S2. The summed E-state index contributed by atoms with van der Waals surface area (Å²) in [5, 5.41) is 9.13. The number of hydrogen-bond donors (Lipinski definition) is 2. The number of benzene rings is 3. The number of carbonyl (C=O) groups excluding carboxylic acids is 1. The van der Waals surface area contributed by atoms with Crippen LogP contribution < -0.4 is 0 Å². The van der Waals surface area contributed by atoms with E-state index in [1.165, 1.54) is 0 Å². The minimum Gasteiger partial charge on any atom is -0.298 e. The molecule has 0 atom stereocenters. The number of fused-ring (bicyclic) bond motifs is 1. The van der Waals surface area contributed by atoms with Crippen LogP contribution in [-0.2, 0) is 20.2 Å². The molecule has 3 aromatic rings. The number of aldehydes is 1. The Balaban J connectivity index is 2.32. The molecule has 0 aliphatic heterocycles. The van der Waals surface area contributed by atoms with Crippen molar-refractivity contribution in [3.8, 4) is 0 Å². The van der Waals surface area contributed by atoms with Gasteiger partial charge in [0.1, 0.15) is 15.5 Å². The highest BCUT2D eigenvalue weighted by atomic mass is 32.2. The summed E-state index contributed by atoms with van der Waals surface area (Å²) in [6.45, 7) is 0. The Morgan fingerprint density at radius 3 is 2.11 bits per heavy atom. The Bertz CT molecular complexity index is 1330. The first-order chi connectivity index (χ1) is 13.1. The first kappa shape index (κ1) is 19.8. The quantitative estimate of drug-likeness (QED) is 0.364. The molecule has 0 bridgehead atoms. The minimum atomic E-state index is -5.18. The molecular weight excluding hydrogens is 408 g/mol. The van der Waals surface area contributed by atoms with E-state index in [4.69, 9.17) is 0 Å². The molecule has 0 spiro atoms. The van der Waals surface area contributed by atoms with E-state index < -0.39 is 35.7 Å². The summed E-state index contributed by atoms with van der Waals surface area (Å²) in [7, 11) is -10.2. The van der Waals surface area contributed by atoms with E-state index >= 15 is 0 Å². The van der Waals surface area contributed by atoms with Gasteiger partial charge < -0.3 is 0 Å². The smallest absolute Gasteiger partial charge is 0.298 e. The van der Waals surface area contributed by atoms with E-state index in [1.807, 2.05) is 12.1 Å². The van der Waals surface area contributed by atoms with Crippen molar-refractivity contribution >= 4 is 48.7 Å².